The van der Waals surface area contributed by atoms with E-state index in [4.69, 9.17) is 19.7 Å². The molecule has 54 heavy (non-hydrogen) atoms. The number of aryl methyl sites for hydroxylation is 1. The molecule has 1 atom stereocenters. The highest BCUT2D eigenvalue weighted by molar-refractivity contribution is 7.92. The molecule has 0 radical (unpaired) electrons. The molecule has 4 bridgehead atoms. The Morgan fingerprint density at radius 3 is 2.31 bits per heavy atom. The average molecular weight is 754 g/mol. The van der Waals surface area contributed by atoms with Gasteiger partial charge in [-0.2, -0.15) is 4.98 Å². The van der Waals surface area contributed by atoms with Gasteiger partial charge in [-0.3, -0.25) is 4.79 Å². The maximum Gasteiger partial charge on any atom is 0.264 e. The van der Waals surface area contributed by atoms with Crippen molar-refractivity contribution in [1.29, 1.82) is 0 Å². The third-order valence-electron chi connectivity index (χ3n) is 10.0. The van der Waals surface area contributed by atoms with Crippen LogP contribution in [-0.2, 0) is 23.0 Å². The summed E-state index contributed by atoms with van der Waals surface area (Å²) < 4.78 is 37.1. The molecule has 1 saturated heterocycles. The van der Waals surface area contributed by atoms with Crippen LogP contribution in [0.1, 0.15) is 101 Å². The van der Waals surface area contributed by atoms with Crippen molar-refractivity contribution in [2.24, 2.45) is 16.2 Å². The number of hydrogen-bond donors (Lipinski definition) is 1. The SMILES string of the molecule is Cc1cccc(CC(C)(C)C)c1-c1nc2nc(c1C)OC[C@@H](CC(C)(C)C)N(Cc1ncc(N3CCC(C)(C)C3)cn1)C(=O)c1cccc(c1)S(=O)(=O)N2. The van der Waals surface area contributed by atoms with Gasteiger partial charge < -0.3 is 14.5 Å². The highest BCUT2D eigenvalue weighted by Crippen LogP contribution is 2.37. The number of rotatable bonds is 6. The van der Waals surface area contributed by atoms with E-state index in [0.717, 1.165) is 48.3 Å². The number of anilines is 2. The lowest BCUT2D eigenvalue weighted by Gasteiger charge is -2.35. The van der Waals surface area contributed by atoms with Crippen LogP contribution < -0.4 is 14.4 Å². The van der Waals surface area contributed by atoms with Gasteiger partial charge in [0.25, 0.3) is 15.9 Å². The van der Waals surface area contributed by atoms with Gasteiger partial charge in [-0.15, -0.1) is 0 Å². The number of nitrogens with zero attached hydrogens (tertiary/aromatic N) is 6. The van der Waals surface area contributed by atoms with E-state index < -0.39 is 16.1 Å². The summed E-state index contributed by atoms with van der Waals surface area (Å²) in [5, 5.41) is 0. The number of hydrogen-bond acceptors (Lipinski definition) is 9. The summed E-state index contributed by atoms with van der Waals surface area (Å²) in [6.45, 7) is 23.4. The molecule has 1 amide bonds. The Bertz CT molecular complexity index is 2140. The minimum Gasteiger partial charge on any atom is -0.475 e. The molecular weight excluding hydrogens is 699 g/mol. The minimum absolute atomic E-state index is 0.0151. The van der Waals surface area contributed by atoms with Crippen molar-refractivity contribution in [1.82, 2.24) is 24.8 Å². The fourth-order valence-electron chi connectivity index (χ4n) is 7.44. The Morgan fingerprint density at radius 1 is 0.963 bits per heavy atom. The topological polar surface area (TPSA) is 131 Å². The summed E-state index contributed by atoms with van der Waals surface area (Å²) in [6, 6.07) is 11.8. The van der Waals surface area contributed by atoms with Crippen molar-refractivity contribution in [3.8, 4) is 17.1 Å². The summed E-state index contributed by atoms with van der Waals surface area (Å²) in [4.78, 5) is 37.5. The maximum absolute atomic E-state index is 14.6. The molecule has 1 fully saturated rings. The molecule has 1 N–H and O–H groups in total. The number of aromatic nitrogens is 4. The Hall–Kier alpha value is -4.58. The molecule has 0 aliphatic carbocycles. The van der Waals surface area contributed by atoms with Crippen LogP contribution in [0.4, 0.5) is 11.6 Å². The first-order chi connectivity index (χ1) is 25.2. The van der Waals surface area contributed by atoms with Gasteiger partial charge in [0.2, 0.25) is 11.8 Å². The number of carbonyl (C=O) groups excluding carboxylic acids is 1. The van der Waals surface area contributed by atoms with Crippen molar-refractivity contribution in [2.75, 3.05) is 29.3 Å². The van der Waals surface area contributed by atoms with Gasteiger partial charge in [0.15, 0.2) is 0 Å². The van der Waals surface area contributed by atoms with Gasteiger partial charge in [0, 0.05) is 29.8 Å². The smallest absolute Gasteiger partial charge is 0.264 e. The van der Waals surface area contributed by atoms with Crippen LogP contribution in [-0.4, -0.2) is 64.9 Å². The number of fused-ring (bicyclic) bond motifs is 4. The molecule has 2 aliphatic heterocycles. The monoisotopic (exact) mass is 753 g/mol. The van der Waals surface area contributed by atoms with Crippen LogP contribution in [0.15, 0.2) is 59.8 Å². The molecule has 288 valence electrons. The van der Waals surface area contributed by atoms with Gasteiger partial charge in [-0.25, -0.2) is 28.1 Å². The number of carbonyl (C=O) groups is 1. The summed E-state index contributed by atoms with van der Waals surface area (Å²) >= 11 is 0. The number of ether oxygens (including phenoxy) is 1. The largest absolute Gasteiger partial charge is 0.475 e. The summed E-state index contributed by atoms with van der Waals surface area (Å²) in [5.74, 6) is 0.271. The quantitative estimate of drug-likeness (QED) is 0.208. The fourth-order valence-corrected chi connectivity index (χ4v) is 8.43. The minimum atomic E-state index is -4.21. The molecule has 11 nitrogen and oxygen atoms in total. The van der Waals surface area contributed by atoms with Gasteiger partial charge >= 0.3 is 0 Å². The van der Waals surface area contributed by atoms with E-state index in [0.29, 0.717) is 23.5 Å². The van der Waals surface area contributed by atoms with E-state index in [-0.39, 0.29) is 57.6 Å². The average Bonchev–Trinajstić information content (AvgIpc) is 3.44. The molecule has 2 aliphatic rings. The Kier molecular flexibility index (Phi) is 10.6. The first-order valence-corrected chi connectivity index (χ1v) is 20.3. The number of benzene rings is 2. The van der Waals surface area contributed by atoms with E-state index in [1.54, 1.807) is 17.0 Å². The van der Waals surface area contributed by atoms with Gasteiger partial charge in [0.1, 0.15) is 12.4 Å². The summed E-state index contributed by atoms with van der Waals surface area (Å²) in [5.41, 5.74) is 5.46. The highest BCUT2D eigenvalue weighted by Gasteiger charge is 2.34. The lowest BCUT2D eigenvalue weighted by Crippen LogP contribution is -2.45. The van der Waals surface area contributed by atoms with E-state index in [2.05, 4.69) is 76.1 Å². The number of sulfonamides is 1. The molecule has 12 heteroatoms. The van der Waals surface area contributed by atoms with Crippen LogP contribution in [0, 0.1) is 30.1 Å². The fraction of sp³-hybridized carbons (Fsp3) is 0.500. The molecule has 2 aromatic carbocycles. The number of amides is 1. The first kappa shape index (κ1) is 39.1. The molecule has 0 unspecified atom stereocenters. The second-order valence-electron chi connectivity index (χ2n) is 18.2. The summed E-state index contributed by atoms with van der Waals surface area (Å²) in [6.07, 6.45) is 6.11. The molecular formula is C42H55N7O4S. The zero-order chi connectivity index (χ0) is 39.2. The van der Waals surface area contributed by atoms with Crippen LogP contribution in [0.5, 0.6) is 5.88 Å². The van der Waals surface area contributed by atoms with E-state index in [1.165, 1.54) is 12.1 Å². The molecule has 4 heterocycles. The Balaban J connectivity index is 1.46. The van der Waals surface area contributed by atoms with Crippen molar-refractivity contribution < 1.29 is 17.9 Å². The first-order valence-electron chi connectivity index (χ1n) is 18.8. The predicted octanol–water partition coefficient (Wildman–Crippen LogP) is 8.02. The molecule has 6 rings (SSSR count). The molecule has 0 saturated carbocycles. The lowest BCUT2D eigenvalue weighted by atomic mass is 9.84. The van der Waals surface area contributed by atoms with E-state index in [1.807, 2.05) is 38.4 Å². The highest BCUT2D eigenvalue weighted by atomic mass is 32.2. The molecule has 0 spiro atoms. The third-order valence-corrected chi connectivity index (χ3v) is 11.4. The Morgan fingerprint density at radius 2 is 1.67 bits per heavy atom. The van der Waals surface area contributed by atoms with E-state index in [9.17, 15) is 13.2 Å². The number of nitrogens with one attached hydrogen (secondary N) is 1. The molecule has 4 aromatic rings. The zero-order valence-corrected chi connectivity index (χ0v) is 34.3. The van der Waals surface area contributed by atoms with Gasteiger partial charge in [-0.1, -0.05) is 79.7 Å². The van der Waals surface area contributed by atoms with Crippen molar-refractivity contribution in [2.45, 2.75) is 106 Å². The van der Waals surface area contributed by atoms with Gasteiger partial charge in [-0.05, 0) is 78.7 Å². The van der Waals surface area contributed by atoms with Crippen LogP contribution in [0.2, 0.25) is 0 Å². The second kappa shape index (κ2) is 14.6. The zero-order valence-electron chi connectivity index (χ0n) is 33.4. The predicted molar refractivity (Wildman–Crippen MR) is 213 cm³/mol. The maximum atomic E-state index is 14.6. The van der Waals surface area contributed by atoms with Crippen LogP contribution in [0.3, 0.4) is 0 Å². The summed E-state index contributed by atoms with van der Waals surface area (Å²) in [7, 11) is -4.21. The lowest BCUT2D eigenvalue weighted by molar-refractivity contribution is 0.0504. The standard InChI is InChI=1S/C42H55N7O4S/c1-27-13-11-15-30(20-40(3,4)5)35(27)36-28(2)37-46-39(45-36)47-54(51,52)33-16-12-14-29(19-33)38(50)49(31(25-53-37)21-41(6,7)8)24-34-43-22-32(23-44-34)48-18-17-42(9,10)26-48/h11-16,19,22-23,31H,17-18,20-21,24-26H2,1-10H3,(H,45,46,47)/t31-/m1/s1. The molecule has 2 aromatic heterocycles. The van der Waals surface area contributed by atoms with Crippen molar-refractivity contribution >= 4 is 27.6 Å². The van der Waals surface area contributed by atoms with Crippen LogP contribution >= 0.6 is 0 Å². The third kappa shape index (κ3) is 9.02. The van der Waals surface area contributed by atoms with Gasteiger partial charge in [0.05, 0.1) is 41.3 Å². The van der Waals surface area contributed by atoms with E-state index >= 15 is 0 Å². The van der Waals surface area contributed by atoms with Crippen LogP contribution in [0.25, 0.3) is 11.3 Å². The van der Waals surface area contributed by atoms with Crippen molar-refractivity contribution in [3.63, 3.8) is 0 Å². The van der Waals surface area contributed by atoms with Crippen molar-refractivity contribution in [3.05, 3.63) is 82.9 Å². The Labute approximate surface area is 321 Å². The second-order valence-corrected chi connectivity index (χ2v) is 19.8. The normalized spacial score (nSPS) is 18.6.